The Morgan fingerprint density at radius 3 is 2.42 bits per heavy atom. The summed E-state index contributed by atoms with van der Waals surface area (Å²) >= 11 is 0. The van der Waals surface area contributed by atoms with E-state index >= 15 is 0 Å². The molecule has 0 atom stereocenters. The van der Waals surface area contributed by atoms with Gasteiger partial charge in [0.25, 0.3) is 0 Å². The summed E-state index contributed by atoms with van der Waals surface area (Å²) in [6.07, 6.45) is 1.16. The number of hydrogen-bond donors (Lipinski definition) is 2. The van der Waals surface area contributed by atoms with Gasteiger partial charge in [-0.15, -0.1) is 0 Å². The van der Waals surface area contributed by atoms with Crippen LogP contribution in [0.5, 0.6) is 0 Å². The average Bonchev–Trinajstić information content (AvgIpc) is 2.07. The Labute approximate surface area is 72.9 Å². The van der Waals surface area contributed by atoms with Crippen LogP contribution < -0.4 is 11.7 Å². The maximum atomic E-state index is 10.4. The molecule has 0 aliphatic heterocycles. The third-order valence-electron chi connectivity index (χ3n) is 0.949. The monoisotopic (exact) mass is 175 g/mol. The fourth-order valence-electron chi connectivity index (χ4n) is 0.388. The largest absolute Gasteiger partial charge is 0.461 e. The summed E-state index contributed by atoms with van der Waals surface area (Å²) in [5.74, 6) is 7.64. The molecule has 0 unspecified atom stereocenters. The van der Waals surface area contributed by atoms with Crippen LogP contribution in [0, 0.1) is 0 Å². The molecule has 12 heavy (non-hydrogen) atoms. The van der Waals surface area contributed by atoms with Gasteiger partial charge < -0.3 is 9.64 Å². The van der Waals surface area contributed by atoms with Crippen molar-refractivity contribution in [3.63, 3.8) is 0 Å². The molecule has 0 heterocycles. The number of hydrogen-bond acceptors (Lipinski definition) is 5. The van der Waals surface area contributed by atoms with E-state index in [9.17, 15) is 4.79 Å². The predicted octanol–water partition coefficient (Wildman–Crippen LogP) is -0.904. The lowest BCUT2D eigenvalue weighted by Crippen LogP contribution is -2.19. The minimum atomic E-state index is -0.359. The van der Waals surface area contributed by atoms with Crippen LogP contribution in [0.2, 0.25) is 0 Å². The van der Waals surface area contributed by atoms with Crippen molar-refractivity contribution in [1.82, 2.24) is 4.90 Å². The van der Waals surface area contributed by atoms with Gasteiger partial charge in [0.15, 0.2) is 0 Å². The van der Waals surface area contributed by atoms with E-state index in [0.29, 0.717) is 6.61 Å². The molecule has 72 valence electrons. The summed E-state index contributed by atoms with van der Waals surface area (Å²) in [6, 6.07) is 0. The SMILES string of the molecule is C=CC(=O)OCCN(C)C.NN. The zero-order valence-corrected chi connectivity index (χ0v) is 7.62. The van der Waals surface area contributed by atoms with Gasteiger partial charge in [-0.3, -0.25) is 11.7 Å². The molecule has 0 aliphatic rings. The second-order valence-corrected chi connectivity index (χ2v) is 2.17. The first kappa shape index (κ1) is 13.7. The summed E-state index contributed by atoms with van der Waals surface area (Å²) in [5.41, 5.74) is 0. The molecule has 0 aromatic carbocycles. The van der Waals surface area contributed by atoms with Crippen molar-refractivity contribution in [3.05, 3.63) is 12.7 Å². The summed E-state index contributed by atoms with van der Waals surface area (Å²) < 4.78 is 4.70. The molecular weight excluding hydrogens is 158 g/mol. The van der Waals surface area contributed by atoms with Gasteiger partial charge in [-0.05, 0) is 14.1 Å². The van der Waals surface area contributed by atoms with Gasteiger partial charge in [-0.1, -0.05) is 6.58 Å². The highest BCUT2D eigenvalue weighted by molar-refractivity contribution is 5.81. The van der Waals surface area contributed by atoms with E-state index in [-0.39, 0.29) is 5.97 Å². The van der Waals surface area contributed by atoms with Gasteiger partial charge in [-0.2, -0.15) is 0 Å². The Bertz CT molecular complexity index is 126. The lowest BCUT2D eigenvalue weighted by Gasteiger charge is -2.07. The third-order valence-corrected chi connectivity index (χ3v) is 0.949. The van der Waals surface area contributed by atoms with Crippen molar-refractivity contribution in [2.24, 2.45) is 11.7 Å². The number of rotatable bonds is 4. The molecule has 0 aliphatic carbocycles. The molecule has 0 fully saturated rings. The van der Waals surface area contributed by atoms with Crippen LogP contribution >= 0.6 is 0 Å². The maximum Gasteiger partial charge on any atom is 0.330 e. The van der Waals surface area contributed by atoms with Crippen molar-refractivity contribution < 1.29 is 9.53 Å². The molecule has 0 aromatic heterocycles. The predicted molar refractivity (Wildman–Crippen MR) is 48.1 cm³/mol. The van der Waals surface area contributed by atoms with Gasteiger partial charge >= 0.3 is 5.97 Å². The fraction of sp³-hybridized carbons (Fsp3) is 0.571. The quantitative estimate of drug-likeness (QED) is 0.250. The number of ether oxygens (including phenoxy) is 1. The zero-order chi connectivity index (χ0) is 9.98. The second kappa shape index (κ2) is 10.1. The highest BCUT2D eigenvalue weighted by Crippen LogP contribution is 1.80. The van der Waals surface area contributed by atoms with Crippen LogP contribution in [0.25, 0.3) is 0 Å². The third kappa shape index (κ3) is 11.8. The molecule has 0 aromatic rings. The van der Waals surface area contributed by atoms with Gasteiger partial charge in [0.1, 0.15) is 6.61 Å². The van der Waals surface area contributed by atoms with Crippen LogP contribution in [0.15, 0.2) is 12.7 Å². The number of nitrogens with two attached hydrogens (primary N) is 2. The van der Waals surface area contributed by atoms with E-state index in [1.807, 2.05) is 19.0 Å². The second-order valence-electron chi connectivity index (χ2n) is 2.17. The lowest BCUT2D eigenvalue weighted by molar-refractivity contribution is -0.137. The Morgan fingerprint density at radius 1 is 1.58 bits per heavy atom. The highest BCUT2D eigenvalue weighted by atomic mass is 16.5. The van der Waals surface area contributed by atoms with Crippen molar-refractivity contribution in [2.75, 3.05) is 27.2 Å². The smallest absolute Gasteiger partial charge is 0.330 e. The van der Waals surface area contributed by atoms with Crippen LogP contribution in [0.1, 0.15) is 0 Å². The van der Waals surface area contributed by atoms with Crippen LogP contribution in [-0.4, -0.2) is 38.1 Å². The Kier molecular flexibility index (Phi) is 11.5. The van der Waals surface area contributed by atoms with E-state index in [0.717, 1.165) is 12.6 Å². The zero-order valence-electron chi connectivity index (χ0n) is 7.62. The van der Waals surface area contributed by atoms with Crippen molar-refractivity contribution in [3.8, 4) is 0 Å². The Balaban J connectivity index is 0. The first-order chi connectivity index (χ1) is 5.66. The highest BCUT2D eigenvalue weighted by Gasteiger charge is 1.94. The van der Waals surface area contributed by atoms with E-state index in [1.54, 1.807) is 0 Å². The summed E-state index contributed by atoms with van der Waals surface area (Å²) in [6.45, 7) is 4.45. The van der Waals surface area contributed by atoms with Crippen LogP contribution in [0.4, 0.5) is 0 Å². The van der Waals surface area contributed by atoms with E-state index < -0.39 is 0 Å². The number of nitrogens with zero attached hydrogens (tertiary/aromatic N) is 1. The normalized spacial score (nSPS) is 8.42. The van der Waals surface area contributed by atoms with Gasteiger partial charge in [0, 0.05) is 12.6 Å². The molecule has 0 spiro atoms. The molecule has 0 bridgehead atoms. The number of carbonyl (C=O) groups excluding carboxylic acids is 1. The molecule has 4 N–H and O–H groups in total. The molecule has 0 saturated heterocycles. The molecule has 0 saturated carbocycles. The van der Waals surface area contributed by atoms with E-state index in [4.69, 9.17) is 4.74 Å². The van der Waals surface area contributed by atoms with E-state index in [1.165, 1.54) is 0 Å². The average molecular weight is 175 g/mol. The molecule has 5 heteroatoms. The van der Waals surface area contributed by atoms with Gasteiger partial charge in [0.05, 0.1) is 0 Å². The topological polar surface area (TPSA) is 81.6 Å². The number of carbonyl (C=O) groups is 1. The van der Waals surface area contributed by atoms with Crippen molar-refractivity contribution in [1.29, 1.82) is 0 Å². The maximum absolute atomic E-state index is 10.4. The van der Waals surface area contributed by atoms with Crippen molar-refractivity contribution in [2.45, 2.75) is 0 Å². The van der Waals surface area contributed by atoms with Crippen LogP contribution in [0.3, 0.4) is 0 Å². The van der Waals surface area contributed by atoms with Gasteiger partial charge in [0.2, 0.25) is 0 Å². The minimum absolute atomic E-state index is 0.359. The minimum Gasteiger partial charge on any atom is -0.461 e. The Hall–Kier alpha value is -0.910. The summed E-state index contributed by atoms with van der Waals surface area (Å²) in [7, 11) is 3.84. The fourth-order valence-corrected chi connectivity index (χ4v) is 0.388. The summed E-state index contributed by atoms with van der Waals surface area (Å²) in [4.78, 5) is 12.4. The summed E-state index contributed by atoms with van der Waals surface area (Å²) in [5, 5.41) is 0. The number of likely N-dealkylation sites (N-methyl/N-ethyl adjacent to an activating group) is 1. The molecule has 0 amide bonds. The number of hydrazine groups is 1. The first-order valence-electron chi connectivity index (χ1n) is 3.44. The molecule has 0 radical (unpaired) electrons. The lowest BCUT2D eigenvalue weighted by atomic mass is 10.6. The van der Waals surface area contributed by atoms with Gasteiger partial charge in [-0.25, -0.2) is 4.79 Å². The molecular formula is C7H17N3O2. The van der Waals surface area contributed by atoms with Crippen molar-refractivity contribution >= 4 is 5.97 Å². The number of esters is 1. The van der Waals surface area contributed by atoms with Crippen LogP contribution in [-0.2, 0) is 9.53 Å². The first-order valence-corrected chi connectivity index (χ1v) is 3.44. The Morgan fingerprint density at radius 2 is 2.08 bits per heavy atom. The standard InChI is InChI=1S/C7H13NO2.H4N2/c1-4-7(9)10-6-5-8(2)3;1-2/h4H,1,5-6H2,2-3H3;1-2H2. The molecule has 5 nitrogen and oxygen atoms in total. The van der Waals surface area contributed by atoms with E-state index in [2.05, 4.69) is 18.3 Å². The molecule has 0 rings (SSSR count).